The van der Waals surface area contributed by atoms with E-state index in [-0.39, 0.29) is 5.75 Å². The Morgan fingerprint density at radius 2 is 2.09 bits per heavy atom. The highest BCUT2D eigenvalue weighted by molar-refractivity contribution is 5.98. The Kier molecular flexibility index (Phi) is 4.79. The topological polar surface area (TPSA) is 88.1 Å². The average molecular weight is 322 g/mol. The van der Waals surface area contributed by atoms with E-state index in [1.807, 2.05) is 0 Å². The molecule has 126 valence electrons. The van der Waals surface area contributed by atoms with E-state index in [0.717, 1.165) is 10.6 Å². The largest absolute Gasteiger partial charge is 0.508 e. The predicted molar refractivity (Wildman–Crippen MR) is 84.1 cm³/mol. The number of fused-ring (bicyclic) bond motifs is 1. The molecular weight excluding hydrogens is 300 g/mol. The molecule has 7 heteroatoms. The van der Waals surface area contributed by atoms with E-state index in [0.29, 0.717) is 18.5 Å². The van der Waals surface area contributed by atoms with Crippen molar-refractivity contribution in [2.75, 3.05) is 12.2 Å². The summed E-state index contributed by atoms with van der Waals surface area (Å²) in [4.78, 5) is 29.7. The van der Waals surface area contributed by atoms with Crippen molar-refractivity contribution < 1.29 is 24.3 Å². The van der Waals surface area contributed by atoms with Gasteiger partial charge in [0.15, 0.2) is 0 Å². The minimum absolute atomic E-state index is 0.0390. The summed E-state index contributed by atoms with van der Waals surface area (Å²) in [5.41, 5.74) is 0.686. The predicted octanol–water partition coefficient (Wildman–Crippen LogP) is 2.13. The van der Waals surface area contributed by atoms with Crippen molar-refractivity contribution in [3.63, 3.8) is 0 Å². The zero-order chi connectivity index (χ0) is 17.2. The normalized spacial score (nSPS) is 18.2. The molecule has 0 unspecified atom stereocenters. The first kappa shape index (κ1) is 17.1. The van der Waals surface area contributed by atoms with Gasteiger partial charge in [-0.3, -0.25) is 9.63 Å². The van der Waals surface area contributed by atoms with Gasteiger partial charge in [0.05, 0.1) is 12.8 Å². The second-order valence-electron chi connectivity index (χ2n) is 6.37. The van der Waals surface area contributed by atoms with Crippen molar-refractivity contribution in [1.82, 2.24) is 5.32 Å². The number of alkyl carbamates (subject to hydrolysis) is 1. The van der Waals surface area contributed by atoms with Crippen LogP contribution in [0.2, 0.25) is 0 Å². The van der Waals surface area contributed by atoms with E-state index in [2.05, 4.69) is 5.32 Å². The number of aryl methyl sites for hydroxylation is 1. The van der Waals surface area contributed by atoms with Crippen molar-refractivity contribution in [1.29, 1.82) is 0 Å². The molecule has 0 saturated carbocycles. The molecule has 2 N–H and O–H groups in total. The number of aromatic hydroxyl groups is 1. The van der Waals surface area contributed by atoms with Gasteiger partial charge < -0.3 is 15.2 Å². The summed E-state index contributed by atoms with van der Waals surface area (Å²) in [5, 5.41) is 13.3. The van der Waals surface area contributed by atoms with Crippen LogP contribution in [0.15, 0.2) is 18.2 Å². The SMILES string of the molecule is CON1C(=O)[C@H](NC(=O)OC(C)(C)C)CCc2ccc(O)cc21. The summed E-state index contributed by atoms with van der Waals surface area (Å²) in [6.07, 6.45) is 0.318. The van der Waals surface area contributed by atoms with E-state index in [1.165, 1.54) is 13.2 Å². The fourth-order valence-corrected chi connectivity index (χ4v) is 2.41. The molecule has 0 saturated heterocycles. The van der Waals surface area contributed by atoms with Gasteiger partial charge in [-0.15, -0.1) is 0 Å². The number of amides is 2. The molecule has 1 aliphatic rings. The molecule has 2 rings (SSSR count). The number of nitrogens with zero attached hydrogens (tertiary/aromatic N) is 1. The van der Waals surface area contributed by atoms with Gasteiger partial charge in [0.2, 0.25) is 0 Å². The molecule has 0 bridgehead atoms. The monoisotopic (exact) mass is 322 g/mol. The van der Waals surface area contributed by atoms with E-state index in [4.69, 9.17) is 9.57 Å². The average Bonchev–Trinajstić information content (AvgIpc) is 2.54. The van der Waals surface area contributed by atoms with E-state index >= 15 is 0 Å². The van der Waals surface area contributed by atoms with Crippen LogP contribution in [0.5, 0.6) is 5.75 Å². The molecule has 1 atom stereocenters. The van der Waals surface area contributed by atoms with Crippen molar-refractivity contribution in [2.45, 2.75) is 45.3 Å². The van der Waals surface area contributed by atoms with Crippen LogP contribution < -0.4 is 10.4 Å². The highest BCUT2D eigenvalue weighted by Gasteiger charge is 2.33. The van der Waals surface area contributed by atoms with Gasteiger partial charge in [0.1, 0.15) is 17.4 Å². The Morgan fingerprint density at radius 3 is 2.70 bits per heavy atom. The van der Waals surface area contributed by atoms with Crippen molar-refractivity contribution in [3.05, 3.63) is 23.8 Å². The quantitative estimate of drug-likeness (QED) is 0.871. The Balaban J connectivity index is 2.20. The Labute approximate surface area is 135 Å². The second-order valence-corrected chi connectivity index (χ2v) is 6.37. The maximum Gasteiger partial charge on any atom is 0.408 e. The third-order valence-corrected chi connectivity index (χ3v) is 3.36. The van der Waals surface area contributed by atoms with E-state index in [1.54, 1.807) is 32.9 Å². The Bertz CT molecular complexity index is 609. The first-order valence-electron chi connectivity index (χ1n) is 7.41. The van der Waals surface area contributed by atoms with Gasteiger partial charge in [0, 0.05) is 6.07 Å². The van der Waals surface area contributed by atoms with Gasteiger partial charge in [-0.1, -0.05) is 6.07 Å². The number of hydrogen-bond acceptors (Lipinski definition) is 5. The zero-order valence-electron chi connectivity index (χ0n) is 13.8. The fourth-order valence-electron chi connectivity index (χ4n) is 2.41. The summed E-state index contributed by atoms with van der Waals surface area (Å²) < 4.78 is 5.19. The Hall–Kier alpha value is -2.28. The van der Waals surface area contributed by atoms with Crippen LogP contribution in [0.25, 0.3) is 0 Å². The second kappa shape index (κ2) is 6.45. The standard InChI is InChI=1S/C16H22N2O5/c1-16(2,3)23-15(21)17-12-8-6-10-5-7-11(19)9-13(10)18(22-4)14(12)20/h5,7,9,12,19H,6,8H2,1-4H3,(H,17,21)/t12-/m1/s1. The minimum atomic E-state index is -0.764. The number of hydroxylamine groups is 1. The van der Waals surface area contributed by atoms with Gasteiger partial charge in [-0.2, -0.15) is 5.06 Å². The molecule has 0 radical (unpaired) electrons. The van der Waals surface area contributed by atoms with Gasteiger partial charge in [0.25, 0.3) is 5.91 Å². The number of rotatable bonds is 2. The van der Waals surface area contributed by atoms with Crippen molar-refractivity contribution in [3.8, 4) is 5.75 Å². The number of phenolic OH excluding ortho intramolecular Hbond substituents is 1. The van der Waals surface area contributed by atoms with Gasteiger partial charge in [-0.25, -0.2) is 4.79 Å². The van der Waals surface area contributed by atoms with Crippen LogP contribution in [-0.4, -0.2) is 35.9 Å². The van der Waals surface area contributed by atoms with E-state index in [9.17, 15) is 14.7 Å². The number of anilines is 1. The molecule has 1 heterocycles. The molecule has 1 aliphatic heterocycles. The lowest BCUT2D eigenvalue weighted by Crippen LogP contribution is -2.49. The van der Waals surface area contributed by atoms with Crippen LogP contribution in [0.3, 0.4) is 0 Å². The number of carbonyl (C=O) groups is 2. The van der Waals surface area contributed by atoms with Crippen LogP contribution in [0.4, 0.5) is 10.5 Å². The molecule has 1 aromatic rings. The van der Waals surface area contributed by atoms with Crippen LogP contribution in [0.1, 0.15) is 32.8 Å². The molecular formula is C16H22N2O5. The first-order valence-corrected chi connectivity index (χ1v) is 7.41. The number of ether oxygens (including phenoxy) is 1. The zero-order valence-corrected chi connectivity index (χ0v) is 13.8. The van der Waals surface area contributed by atoms with E-state index < -0.39 is 23.6 Å². The van der Waals surface area contributed by atoms with Crippen molar-refractivity contribution in [2.24, 2.45) is 0 Å². The van der Waals surface area contributed by atoms with Gasteiger partial charge >= 0.3 is 6.09 Å². The highest BCUT2D eigenvalue weighted by Crippen LogP contribution is 2.30. The summed E-state index contributed by atoms with van der Waals surface area (Å²) in [6, 6.07) is 3.99. The third kappa shape index (κ3) is 4.13. The summed E-state index contributed by atoms with van der Waals surface area (Å²) in [6.45, 7) is 5.25. The lowest BCUT2D eigenvalue weighted by molar-refractivity contribution is -0.126. The first-order chi connectivity index (χ1) is 10.7. The van der Waals surface area contributed by atoms with Crippen LogP contribution in [-0.2, 0) is 20.8 Å². The summed E-state index contributed by atoms with van der Waals surface area (Å²) >= 11 is 0. The fraction of sp³-hybridized carbons (Fsp3) is 0.500. The number of hydrogen-bond donors (Lipinski definition) is 2. The Morgan fingerprint density at radius 1 is 1.39 bits per heavy atom. The molecule has 0 aliphatic carbocycles. The van der Waals surface area contributed by atoms with Crippen molar-refractivity contribution >= 4 is 17.7 Å². The molecule has 0 fully saturated rings. The number of nitrogens with one attached hydrogen (secondary N) is 1. The highest BCUT2D eigenvalue weighted by atomic mass is 16.7. The van der Waals surface area contributed by atoms with Gasteiger partial charge in [-0.05, 0) is 45.2 Å². The maximum atomic E-state index is 12.6. The lowest BCUT2D eigenvalue weighted by atomic mass is 10.1. The van der Waals surface area contributed by atoms with Crippen LogP contribution >= 0.6 is 0 Å². The third-order valence-electron chi connectivity index (χ3n) is 3.36. The summed E-state index contributed by atoms with van der Waals surface area (Å²) in [5.74, 6) is -0.375. The molecule has 0 spiro atoms. The van der Waals surface area contributed by atoms with Crippen LogP contribution in [0, 0.1) is 0 Å². The molecule has 0 aromatic heterocycles. The molecule has 2 amide bonds. The number of benzene rings is 1. The molecule has 1 aromatic carbocycles. The molecule has 23 heavy (non-hydrogen) atoms. The maximum absolute atomic E-state index is 12.6. The smallest absolute Gasteiger partial charge is 0.408 e. The summed E-state index contributed by atoms with van der Waals surface area (Å²) in [7, 11) is 1.36. The number of phenols is 1. The lowest BCUT2D eigenvalue weighted by Gasteiger charge is -2.25. The molecule has 7 nitrogen and oxygen atoms in total. The minimum Gasteiger partial charge on any atom is -0.508 e. The number of carbonyl (C=O) groups excluding carboxylic acids is 2.